The molecule has 6 heteroatoms. The Balaban J connectivity index is 2.75. The minimum absolute atomic E-state index is 0.106. The van der Waals surface area contributed by atoms with Crippen molar-refractivity contribution in [1.82, 2.24) is 0 Å². The molecule has 0 saturated carbocycles. The molecule has 2 N–H and O–H groups in total. The number of nitrogens with one attached hydrogen (secondary N) is 1. The molecular formula is C12H19NO3S2. The number of aliphatic hydroxyl groups is 1. The molecule has 1 aromatic rings. The Labute approximate surface area is 113 Å². The monoisotopic (exact) mass is 289 g/mol. The van der Waals surface area contributed by atoms with Gasteiger partial charge in [-0.05, 0) is 37.4 Å². The molecule has 0 aliphatic carbocycles. The number of rotatable bonds is 6. The van der Waals surface area contributed by atoms with Crippen molar-refractivity contribution in [2.45, 2.75) is 23.1 Å². The van der Waals surface area contributed by atoms with Crippen LogP contribution in [-0.2, 0) is 9.84 Å². The highest BCUT2D eigenvalue weighted by Crippen LogP contribution is 2.18. The number of hydrogen-bond acceptors (Lipinski definition) is 5. The maximum Gasteiger partial charge on any atom is 0.175 e. The SMILES string of the molecule is CSC(CO)C(C)Nc1ccc(S(C)(=O)=O)cc1. The standard InChI is InChI=1S/C12H19NO3S2/c1-9(12(8-14)17-2)13-10-4-6-11(7-5-10)18(3,15)16/h4-7,9,12-14H,8H2,1-3H3. The van der Waals surface area contributed by atoms with Gasteiger partial charge >= 0.3 is 0 Å². The molecule has 4 nitrogen and oxygen atoms in total. The van der Waals surface area contributed by atoms with Crippen LogP contribution in [0.5, 0.6) is 0 Å². The molecule has 102 valence electrons. The Bertz CT molecular complexity index is 467. The van der Waals surface area contributed by atoms with E-state index < -0.39 is 9.84 Å². The molecule has 0 spiro atoms. The molecule has 0 amide bonds. The zero-order valence-electron chi connectivity index (χ0n) is 10.8. The quantitative estimate of drug-likeness (QED) is 0.833. The Kier molecular flexibility index (Phi) is 5.49. The summed E-state index contributed by atoms with van der Waals surface area (Å²) in [6, 6.07) is 6.74. The van der Waals surface area contributed by atoms with E-state index >= 15 is 0 Å². The van der Waals surface area contributed by atoms with E-state index in [2.05, 4.69) is 5.32 Å². The highest BCUT2D eigenvalue weighted by molar-refractivity contribution is 7.99. The number of aliphatic hydroxyl groups excluding tert-OH is 1. The van der Waals surface area contributed by atoms with E-state index in [-0.39, 0.29) is 17.9 Å². The van der Waals surface area contributed by atoms with Gasteiger partial charge in [0.15, 0.2) is 9.84 Å². The molecule has 0 heterocycles. The van der Waals surface area contributed by atoms with Crippen molar-refractivity contribution in [1.29, 1.82) is 0 Å². The normalized spacial score (nSPS) is 15.1. The van der Waals surface area contributed by atoms with Crippen LogP contribution in [0, 0.1) is 0 Å². The zero-order valence-corrected chi connectivity index (χ0v) is 12.4. The summed E-state index contributed by atoms with van der Waals surface area (Å²) in [6.45, 7) is 2.10. The topological polar surface area (TPSA) is 66.4 Å². The van der Waals surface area contributed by atoms with Gasteiger partial charge in [-0.15, -0.1) is 0 Å². The van der Waals surface area contributed by atoms with Crippen LogP contribution in [0.25, 0.3) is 0 Å². The van der Waals surface area contributed by atoms with Crippen LogP contribution in [0.2, 0.25) is 0 Å². The first-order valence-electron chi connectivity index (χ1n) is 5.58. The maximum absolute atomic E-state index is 11.3. The smallest absolute Gasteiger partial charge is 0.175 e. The summed E-state index contributed by atoms with van der Waals surface area (Å²) in [5.41, 5.74) is 0.849. The molecule has 0 aromatic heterocycles. The molecule has 0 aliphatic rings. The van der Waals surface area contributed by atoms with E-state index in [1.807, 2.05) is 13.2 Å². The third-order valence-corrected chi connectivity index (χ3v) is 5.01. The molecule has 0 fully saturated rings. The molecule has 2 atom stereocenters. The lowest BCUT2D eigenvalue weighted by Gasteiger charge is -2.22. The largest absolute Gasteiger partial charge is 0.395 e. The predicted molar refractivity (Wildman–Crippen MR) is 77.0 cm³/mol. The third-order valence-electron chi connectivity index (χ3n) is 2.72. The van der Waals surface area contributed by atoms with Gasteiger partial charge in [0, 0.05) is 23.2 Å². The molecule has 1 rings (SSSR count). The fourth-order valence-corrected chi connectivity index (χ4v) is 2.85. The van der Waals surface area contributed by atoms with E-state index in [0.29, 0.717) is 4.90 Å². The Morgan fingerprint density at radius 2 is 1.89 bits per heavy atom. The number of hydrogen-bond donors (Lipinski definition) is 2. The van der Waals surface area contributed by atoms with Crippen LogP contribution >= 0.6 is 11.8 Å². The lowest BCUT2D eigenvalue weighted by Crippen LogP contribution is -2.30. The molecule has 0 radical (unpaired) electrons. The minimum atomic E-state index is -3.15. The molecule has 1 aromatic carbocycles. The summed E-state index contributed by atoms with van der Waals surface area (Å²) in [6.07, 6.45) is 3.14. The van der Waals surface area contributed by atoms with Crippen molar-refractivity contribution in [2.75, 3.05) is 24.4 Å². The molecule has 2 unspecified atom stereocenters. The van der Waals surface area contributed by atoms with Crippen LogP contribution in [0.1, 0.15) is 6.92 Å². The van der Waals surface area contributed by atoms with E-state index in [0.717, 1.165) is 5.69 Å². The second-order valence-corrected chi connectivity index (χ2v) is 7.28. The Hall–Kier alpha value is -0.720. The number of thioether (sulfide) groups is 1. The van der Waals surface area contributed by atoms with Gasteiger partial charge in [0.05, 0.1) is 11.5 Å². The predicted octanol–water partition coefficient (Wildman–Crippen LogP) is 1.61. The van der Waals surface area contributed by atoms with Crippen LogP contribution in [0.4, 0.5) is 5.69 Å². The molecule has 18 heavy (non-hydrogen) atoms. The zero-order chi connectivity index (χ0) is 13.8. The highest BCUT2D eigenvalue weighted by Gasteiger charge is 2.15. The number of anilines is 1. The van der Waals surface area contributed by atoms with Crippen LogP contribution in [0.3, 0.4) is 0 Å². The van der Waals surface area contributed by atoms with Crippen molar-refractivity contribution in [2.24, 2.45) is 0 Å². The summed E-state index contributed by atoms with van der Waals surface area (Å²) in [5.74, 6) is 0. The molecular weight excluding hydrogens is 270 g/mol. The molecule has 0 aliphatic heterocycles. The van der Waals surface area contributed by atoms with Crippen molar-refractivity contribution in [3.63, 3.8) is 0 Å². The van der Waals surface area contributed by atoms with Gasteiger partial charge in [-0.3, -0.25) is 0 Å². The highest BCUT2D eigenvalue weighted by atomic mass is 32.2. The van der Waals surface area contributed by atoms with Crippen LogP contribution in [-0.4, -0.2) is 43.9 Å². The Morgan fingerprint density at radius 1 is 1.33 bits per heavy atom. The Morgan fingerprint density at radius 3 is 2.28 bits per heavy atom. The lowest BCUT2D eigenvalue weighted by molar-refractivity contribution is 0.288. The summed E-state index contributed by atoms with van der Waals surface area (Å²) in [5, 5.41) is 12.5. The van der Waals surface area contributed by atoms with Crippen molar-refractivity contribution in [3.05, 3.63) is 24.3 Å². The average Bonchev–Trinajstić information content (AvgIpc) is 2.30. The van der Waals surface area contributed by atoms with Crippen molar-refractivity contribution >= 4 is 27.3 Å². The van der Waals surface area contributed by atoms with Gasteiger partial charge in [0.1, 0.15) is 0 Å². The third kappa shape index (κ3) is 4.19. The number of sulfone groups is 1. The van der Waals surface area contributed by atoms with Gasteiger partial charge in [0.25, 0.3) is 0 Å². The maximum atomic E-state index is 11.3. The first kappa shape index (κ1) is 15.3. The van der Waals surface area contributed by atoms with Gasteiger partial charge in [-0.25, -0.2) is 8.42 Å². The van der Waals surface area contributed by atoms with Gasteiger partial charge in [-0.2, -0.15) is 11.8 Å². The van der Waals surface area contributed by atoms with E-state index in [9.17, 15) is 13.5 Å². The van der Waals surface area contributed by atoms with E-state index in [1.165, 1.54) is 6.26 Å². The average molecular weight is 289 g/mol. The summed E-state index contributed by atoms with van der Waals surface area (Å²) >= 11 is 1.60. The van der Waals surface area contributed by atoms with Gasteiger partial charge in [-0.1, -0.05) is 0 Å². The van der Waals surface area contributed by atoms with Crippen molar-refractivity contribution < 1.29 is 13.5 Å². The molecule has 0 saturated heterocycles. The summed E-state index contributed by atoms with van der Waals surface area (Å²) in [7, 11) is -3.15. The van der Waals surface area contributed by atoms with Crippen LogP contribution in [0.15, 0.2) is 29.2 Å². The fourth-order valence-electron chi connectivity index (χ4n) is 1.59. The van der Waals surface area contributed by atoms with E-state index in [4.69, 9.17) is 0 Å². The van der Waals surface area contributed by atoms with Crippen LogP contribution < -0.4 is 5.32 Å². The second-order valence-electron chi connectivity index (χ2n) is 4.19. The lowest BCUT2D eigenvalue weighted by atomic mass is 10.2. The van der Waals surface area contributed by atoms with E-state index in [1.54, 1.807) is 36.0 Å². The fraction of sp³-hybridized carbons (Fsp3) is 0.500. The number of benzene rings is 1. The first-order chi connectivity index (χ1) is 8.38. The van der Waals surface area contributed by atoms with Gasteiger partial charge < -0.3 is 10.4 Å². The summed E-state index contributed by atoms with van der Waals surface area (Å²) < 4.78 is 22.6. The minimum Gasteiger partial charge on any atom is -0.395 e. The second kappa shape index (κ2) is 6.45. The first-order valence-corrected chi connectivity index (χ1v) is 8.76. The van der Waals surface area contributed by atoms with Crippen molar-refractivity contribution in [3.8, 4) is 0 Å². The summed E-state index contributed by atoms with van der Waals surface area (Å²) in [4.78, 5) is 0.310. The van der Waals surface area contributed by atoms with Gasteiger partial charge in [0.2, 0.25) is 0 Å². The molecule has 0 bridgehead atoms.